The van der Waals surface area contributed by atoms with E-state index in [9.17, 15) is 9.59 Å². The quantitative estimate of drug-likeness (QED) is 0.454. The van der Waals surface area contributed by atoms with E-state index in [1.54, 1.807) is 6.92 Å². The van der Waals surface area contributed by atoms with Gasteiger partial charge in [-0.15, -0.1) is 0 Å². The molecule has 2 aliphatic carbocycles. The van der Waals surface area contributed by atoms with Crippen molar-refractivity contribution in [1.29, 1.82) is 0 Å². The average molecular weight is 490 g/mol. The molecule has 0 saturated heterocycles. The van der Waals surface area contributed by atoms with Gasteiger partial charge in [-0.1, -0.05) is 18.6 Å². The first kappa shape index (κ1) is 24.3. The lowest BCUT2D eigenvalue weighted by Gasteiger charge is -2.34. The summed E-state index contributed by atoms with van der Waals surface area (Å²) in [4.78, 5) is 37.4. The van der Waals surface area contributed by atoms with Crippen molar-refractivity contribution in [3.05, 3.63) is 41.3 Å². The molecular formula is C28H35N5O3. The molecule has 2 aromatic heterocycles. The molecule has 0 bridgehead atoms. The molecule has 0 aliphatic heterocycles. The zero-order chi connectivity index (χ0) is 25.4. The maximum absolute atomic E-state index is 13.5. The lowest BCUT2D eigenvalue weighted by Crippen LogP contribution is -2.47. The van der Waals surface area contributed by atoms with E-state index in [1.807, 2.05) is 26.0 Å². The Morgan fingerprint density at radius 1 is 1.11 bits per heavy atom. The van der Waals surface area contributed by atoms with Crippen LogP contribution in [0.4, 0.5) is 0 Å². The molecule has 36 heavy (non-hydrogen) atoms. The van der Waals surface area contributed by atoms with Crippen LogP contribution in [0.2, 0.25) is 0 Å². The summed E-state index contributed by atoms with van der Waals surface area (Å²) in [5, 5.41) is 6.25. The summed E-state index contributed by atoms with van der Waals surface area (Å²) < 4.78 is 6.17. The van der Waals surface area contributed by atoms with E-state index >= 15 is 0 Å². The largest absolute Gasteiger partial charge is 0.493 e. The van der Waals surface area contributed by atoms with Crippen LogP contribution in [0.3, 0.4) is 0 Å². The second-order valence-corrected chi connectivity index (χ2v) is 10.6. The van der Waals surface area contributed by atoms with E-state index in [-0.39, 0.29) is 29.8 Å². The van der Waals surface area contributed by atoms with Crippen LogP contribution in [0.5, 0.6) is 5.75 Å². The Morgan fingerprint density at radius 3 is 2.64 bits per heavy atom. The molecule has 3 aromatic rings. The molecule has 3 atom stereocenters. The summed E-state index contributed by atoms with van der Waals surface area (Å²) >= 11 is 0. The van der Waals surface area contributed by atoms with E-state index in [1.165, 1.54) is 19.2 Å². The summed E-state index contributed by atoms with van der Waals surface area (Å²) in [7, 11) is 0. The molecule has 8 nitrogen and oxygen atoms in total. The number of nitrogens with zero attached hydrogens (tertiary/aromatic N) is 2. The molecule has 0 radical (unpaired) electrons. The van der Waals surface area contributed by atoms with Gasteiger partial charge in [-0.25, -0.2) is 9.97 Å². The molecule has 5 rings (SSSR count). The number of carbonyl (C=O) groups excluding carboxylic acids is 2. The molecular weight excluding hydrogens is 454 g/mol. The maximum Gasteiger partial charge on any atom is 0.255 e. The van der Waals surface area contributed by atoms with E-state index in [4.69, 9.17) is 4.74 Å². The van der Waals surface area contributed by atoms with Crippen molar-refractivity contribution in [3.8, 4) is 17.0 Å². The highest BCUT2D eigenvalue weighted by Crippen LogP contribution is 2.37. The normalized spacial score (nSPS) is 21.8. The molecule has 0 spiro atoms. The maximum atomic E-state index is 13.5. The first-order valence-electron chi connectivity index (χ1n) is 12.9. The fourth-order valence-corrected chi connectivity index (χ4v) is 5.32. The van der Waals surface area contributed by atoms with Crippen molar-refractivity contribution >= 4 is 22.8 Å². The molecule has 2 aliphatic rings. The number of carbonyl (C=O) groups is 2. The summed E-state index contributed by atoms with van der Waals surface area (Å²) in [6.45, 7) is 8.34. The molecule has 0 unspecified atom stereocenters. The molecule has 2 heterocycles. The third kappa shape index (κ3) is 5.08. The lowest BCUT2D eigenvalue weighted by atomic mass is 9.82. The molecule has 8 heteroatoms. The van der Waals surface area contributed by atoms with Crippen LogP contribution in [-0.2, 0) is 4.79 Å². The molecule has 2 amide bonds. The minimum absolute atomic E-state index is 0.00528. The van der Waals surface area contributed by atoms with Crippen molar-refractivity contribution in [1.82, 2.24) is 25.6 Å². The summed E-state index contributed by atoms with van der Waals surface area (Å²) in [5.41, 5.74) is 5.42. The van der Waals surface area contributed by atoms with Crippen LogP contribution >= 0.6 is 0 Å². The SMILES string of the molecule is CC(=O)N[C@H]1CC[C@@H](NC(=O)c2c(C)[nH]c3c(-c4cc(C)ccc4OCC4CC4)ncnc23)[C@H](C)C1. The van der Waals surface area contributed by atoms with Gasteiger partial charge >= 0.3 is 0 Å². The fraction of sp³-hybridized carbons (Fsp3) is 0.500. The summed E-state index contributed by atoms with van der Waals surface area (Å²) in [6, 6.07) is 6.34. The van der Waals surface area contributed by atoms with Crippen molar-refractivity contribution in [3.63, 3.8) is 0 Å². The number of benzene rings is 1. The van der Waals surface area contributed by atoms with Crippen LogP contribution in [0.15, 0.2) is 24.5 Å². The minimum atomic E-state index is -0.132. The van der Waals surface area contributed by atoms with Crippen LogP contribution in [0.25, 0.3) is 22.3 Å². The Kier molecular flexibility index (Phi) is 6.69. The standard InChI is InChI=1S/C28H35N5O3/c1-15-5-10-23(36-13-19-6-7-19)21(11-15)25-27-26(30-14-29-25)24(17(3)31-27)28(35)33-22-9-8-20(12-16(22)2)32-18(4)34/h5,10-11,14,16,19-20,22,31H,6-9,12-13H2,1-4H3,(H,32,34)(H,33,35)/t16-,20+,22-/m1/s1. The van der Waals surface area contributed by atoms with Crippen molar-refractivity contribution in [2.45, 2.75) is 71.9 Å². The number of hydrogen-bond acceptors (Lipinski definition) is 5. The first-order valence-corrected chi connectivity index (χ1v) is 12.9. The van der Waals surface area contributed by atoms with E-state index in [0.29, 0.717) is 23.6 Å². The second kappa shape index (κ2) is 9.91. The molecule has 2 saturated carbocycles. The van der Waals surface area contributed by atoms with Crippen LogP contribution < -0.4 is 15.4 Å². The highest BCUT2D eigenvalue weighted by molar-refractivity contribution is 6.09. The predicted octanol–water partition coefficient (Wildman–Crippen LogP) is 4.45. The third-order valence-corrected chi connectivity index (χ3v) is 7.45. The van der Waals surface area contributed by atoms with Gasteiger partial charge < -0.3 is 20.4 Å². The average Bonchev–Trinajstić information content (AvgIpc) is 3.59. The van der Waals surface area contributed by atoms with Gasteiger partial charge in [0, 0.05) is 30.3 Å². The summed E-state index contributed by atoms with van der Waals surface area (Å²) in [6.07, 6.45) is 6.49. The first-order chi connectivity index (χ1) is 17.3. The number of hydrogen-bond donors (Lipinski definition) is 3. The van der Waals surface area contributed by atoms with E-state index in [2.05, 4.69) is 38.6 Å². The number of fused-ring (bicyclic) bond motifs is 1. The lowest BCUT2D eigenvalue weighted by molar-refractivity contribution is -0.120. The van der Waals surface area contributed by atoms with Gasteiger partial charge in [0.25, 0.3) is 5.91 Å². The zero-order valence-corrected chi connectivity index (χ0v) is 21.5. The number of H-pyrrole nitrogens is 1. The van der Waals surface area contributed by atoms with Crippen LogP contribution in [0, 0.1) is 25.7 Å². The van der Waals surface area contributed by atoms with Crippen LogP contribution in [0.1, 0.15) is 67.6 Å². The van der Waals surface area contributed by atoms with Crippen molar-refractivity contribution in [2.75, 3.05) is 6.61 Å². The Bertz CT molecular complexity index is 1300. The van der Waals surface area contributed by atoms with Gasteiger partial charge in [0.2, 0.25) is 5.91 Å². The zero-order valence-electron chi connectivity index (χ0n) is 21.5. The molecule has 190 valence electrons. The molecule has 3 N–H and O–H groups in total. The highest BCUT2D eigenvalue weighted by Gasteiger charge is 2.31. The molecule has 2 fully saturated rings. The Morgan fingerprint density at radius 2 is 1.92 bits per heavy atom. The smallest absolute Gasteiger partial charge is 0.255 e. The number of ether oxygens (including phenoxy) is 1. The van der Waals surface area contributed by atoms with Gasteiger partial charge in [-0.2, -0.15) is 0 Å². The number of amides is 2. The van der Waals surface area contributed by atoms with Gasteiger partial charge in [-0.05, 0) is 69.9 Å². The van der Waals surface area contributed by atoms with Gasteiger partial charge in [0.1, 0.15) is 23.3 Å². The minimum Gasteiger partial charge on any atom is -0.493 e. The highest BCUT2D eigenvalue weighted by atomic mass is 16.5. The third-order valence-electron chi connectivity index (χ3n) is 7.45. The fourth-order valence-electron chi connectivity index (χ4n) is 5.32. The second-order valence-electron chi connectivity index (χ2n) is 10.6. The van der Waals surface area contributed by atoms with Crippen molar-refractivity contribution in [2.24, 2.45) is 11.8 Å². The van der Waals surface area contributed by atoms with Crippen LogP contribution in [-0.4, -0.2) is 45.5 Å². The van der Waals surface area contributed by atoms with Gasteiger partial charge in [0.15, 0.2) is 0 Å². The predicted molar refractivity (Wildman–Crippen MR) is 139 cm³/mol. The van der Waals surface area contributed by atoms with E-state index < -0.39 is 0 Å². The van der Waals surface area contributed by atoms with E-state index in [0.717, 1.165) is 53.0 Å². The molecule has 1 aromatic carbocycles. The van der Waals surface area contributed by atoms with Gasteiger partial charge in [0.05, 0.1) is 17.7 Å². The Labute approximate surface area is 211 Å². The number of aryl methyl sites for hydroxylation is 2. The topological polar surface area (TPSA) is 109 Å². The Hall–Kier alpha value is -3.42. The Balaban J connectivity index is 1.41. The van der Waals surface area contributed by atoms with Gasteiger partial charge in [-0.3, -0.25) is 9.59 Å². The summed E-state index contributed by atoms with van der Waals surface area (Å²) in [5.74, 6) is 1.56. The number of nitrogens with one attached hydrogen (secondary N) is 3. The van der Waals surface area contributed by atoms with Crippen molar-refractivity contribution < 1.29 is 14.3 Å². The number of aromatic nitrogens is 3. The monoisotopic (exact) mass is 489 g/mol. The number of aromatic amines is 1. The number of rotatable bonds is 7.